The summed E-state index contributed by atoms with van der Waals surface area (Å²) in [5, 5.41) is 10.6. The summed E-state index contributed by atoms with van der Waals surface area (Å²) in [5.41, 5.74) is 7.03. The van der Waals surface area contributed by atoms with Gasteiger partial charge in [-0.25, -0.2) is 4.79 Å². The lowest BCUT2D eigenvalue weighted by Crippen LogP contribution is -2.22. The minimum Gasteiger partial charge on any atom is -0.465 e. The molecular formula is C9H13N3O2. The molecule has 0 fully saturated rings. The van der Waals surface area contributed by atoms with E-state index < -0.39 is 6.09 Å². The zero-order chi connectivity index (χ0) is 10.4. The van der Waals surface area contributed by atoms with Crippen molar-refractivity contribution in [3.63, 3.8) is 0 Å². The van der Waals surface area contributed by atoms with Crippen molar-refractivity contribution in [1.29, 1.82) is 0 Å². The van der Waals surface area contributed by atoms with Gasteiger partial charge in [0.25, 0.3) is 0 Å². The second kappa shape index (κ2) is 5.06. The molecule has 0 aliphatic heterocycles. The van der Waals surface area contributed by atoms with Gasteiger partial charge in [0.15, 0.2) is 0 Å². The molecule has 0 bridgehead atoms. The van der Waals surface area contributed by atoms with Crippen LogP contribution < -0.4 is 11.1 Å². The van der Waals surface area contributed by atoms with Gasteiger partial charge in [-0.2, -0.15) is 0 Å². The topological polar surface area (TPSA) is 88.2 Å². The summed E-state index contributed by atoms with van der Waals surface area (Å²) < 4.78 is 0. The summed E-state index contributed by atoms with van der Waals surface area (Å²) in [7, 11) is 0. The zero-order valence-electron chi connectivity index (χ0n) is 7.73. The maximum absolute atomic E-state index is 10.1. The Morgan fingerprint density at radius 3 is 2.93 bits per heavy atom. The Labute approximate surface area is 82.0 Å². The number of nitrogen functional groups attached to an aromatic ring is 1. The molecule has 0 aromatic carbocycles. The Morgan fingerprint density at radius 2 is 2.36 bits per heavy atom. The average molecular weight is 195 g/mol. The Kier molecular flexibility index (Phi) is 3.72. The van der Waals surface area contributed by atoms with Crippen molar-refractivity contribution in [3.8, 4) is 0 Å². The molecule has 5 heteroatoms. The highest BCUT2D eigenvalue weighted by Crippen LogP contribution is 2.02. The first kappa shape index (κ1) is 10.3. The van der Waals surface area contributed by atoms with E-state index in [1.54, 1.807) is 12.3 Å². The van der Waals surface area contributed by atoms with Gasteiger partial charge in [0.05, 0.1) is 11.9 Å². The van der Waals surface area contributed by atoms with E-state index in [9.17, 15) is 4.79 Å². The molecule has 0 aliphatic rings. The van der Waals surface area contributed by atoms with Crippen LogP contribution in [-0.2, 0) is 6.42 Å². The second-order valence-electron chi connectivity index (χ2n) is 2.92. The first-order chi connectivity index (χ1) is 6.68. The fraction of sp³-hybridized carbons (Fsp3) is 0.333. The highest BCUT2D eigenvalue weighted by atomic mass is 16.4. The average Bonchev–Trinajstić information content (AvgIpc) is 2.15. The Bertz CT molecular complexity index is 297. The number of aromatic nitrogens is 1. The van der Waals surface area contributed by atoms with E-state index in [1.165, 1.54) is 0 Å². The van der Waals surface area contributed by atoms with Crippen molar-refractivity contribution in [1.82, 2.24) is 10.3 Å². The fourth-order valence-corrected chi connectivity index (χ4v) is 1.05. The van der Waals surface area contributed by atoms with Crippen molar-refractivity contribution >= 4 is 11.8 Å². The molecule has 0 saturated heterocycles. The molecule has 1 aromatic heterocycles. The number of hydrogen-bond acceptors (Lipinski definition) is 3. The van der Waals surface area contributed by atoms with Crippen molar-refractivity contribution < 1.29 is 9.90 Å². The van der Waals surface area contributed by atoms with E-state index >= 15 is 0 Å². The van der Waals surface area contributed by atoms with Gasteiger partial charge < -0.3 is 16.2 Å². The number of pyridine rings is 1. The van der Waals surface area contributed by atoms with E-state index in [-0.39, 0.29) is 0 Å². The minimum absolute atomic E-state index is 0.446. The van der Waals surface area contributed by atoms with Gasteiger partial charge in [-0.05, 0) is 25.0 Å². The van der Waals surface area contributed by atoms with E-state index in [0.717, 1.165) is 18.5 Å². The molecule has 1 rings (SSSR count). The lowest BCUT2D eigenvalue weighted by atomic mass is 10.2. The van der Waals surface area contributed by atoms with Crippen LogP contribution in [0, 0.1) is 0 Å². The summed E-state index contributed by atoms with van der Waals surface area (Å²) >= 11 is 0. The molecule has 14 heavy (non-hydrogen) atoms. The first-order valence-electron chi connectivity index (χ1n) is 4.35. The van der Waals surface area contributed by atoms with Gasteiger partial charge in [0, 0.05) is 12.2 Å². The van der Waals surface area contributed by atoms with Gasteiger partial charge in [-0.15, -0.1) is 0 Å². The normalized spacial score (nSPS) is 9.71. The smallest absolute Gasteiger partial charge is 0.404 e. The van der Waals surface area contributed by atoms with Crippen LogP contribution in [0.25, 0.3) is 0 Å². The predicted octanol–water partition coefficient (Wildman–Crippen LogP) is 0.864. The molecule has 5 nitrogen and oxygen atoms in total. The molecule has 0 atom stereocenters. The Hall–Kier alpha value is -1.78. The fourth-order valence-electron chi connectivity index (χ4n) is 1.05. The number of carbonyl (C=O) groups is 1. The molecular weight excluding hydrogens is 182 g/mol. The molecule has 4 N–H and O–H groups in total. The maximum Gasteiger partial charge on any atom is 0.404 e. The monoisotopic (exact) mass is 195 g/mol. The number of rotatable bonds is 4. The van der Waals surface area contributed by atoms with Crippen LogP contribution in [0.1, 0.15) is 12.1 Å². The number of hydrogen-bond donors (Lipinski definition) is 3. The summed E-state index contributed by atoms with van der Waals surface area (Å²) in [5.74, 6) is 0. The molecule has 0 radical (unpaired) electrons. The van der Waals surface area contributed by atoms with Gasteiger partial charge in [0.1, 0.15) is 0 Å². The van der Waals surface area contributed by atoms with Crippen LogP contribution in [0.2, 0.25) is 0 Å². The molecule has 1 amide bonds. The van der Waals surface area contributed by atoms with Gasteiger partial charge in [-0.1, -0.05) is 0 Å². The van der Waals surface area contributed by atoms with Crippen LogP contribution in [0.5, 0.6) is 0 Å². The van der Waals surface area contributed by atoms with Crippen LogP contribution in [0.3, 0.4) is 0 Å². The Morgan fingerprint density at radius 1 is 1.57 bits per heavy atom. The van der Waals surface area contributed by atoms with E-state index in [4.69, 9.17) is 10.8 Å². The number of carboxylic acid groups (broad SMARTS) is 1. The number of nitrogens with zero attached hydrogens (tertiary/aromatic N) is 1. The second-order valence-corrected chi connectivity index (χ2v) is 2.92. The summed E-state index contributed by atoms with van der Waals surface area (Å²) in [4.78, 5) is 14.2. The van der Waals surface area contributed by atoms with Crippen LogP contribution in [0.4, 0.5) is 10.5 Å². The molecule has 0 aliphatic carbocycles. The van der Waals surface area contributed by atoms with Gasteiger partial charge in [0.2, 0.25) is 0 Å². The number of amides is 1. The third-order valence-electron chi connectivity index (χ3n) is 1.73. The molecule has 76 valence electrons. The molecule has 1 heterocycles. The van der Waals surface area contributed by atoms with Crippen molar-refractivity contribution in [2.45, 2.75) is 12.8 Å². The third-order valence-corrected chi connectivity index (χ3v) is 1.73. The zero-order valence-corrected chi connectivity index (χ0v) is 7.73. The SMILES string of the molecule is Nc1ccc(CCCNC(=O)O)nc1. The van der Waals surface area contributed by atoms with Crippen molar-refractivity contribution in [2.24, 2.45) is 0 Å². The number of anilines is 1. The molecule has 0 unspecified atom stereocenters. The molecule has 0 saturated carbocycles. The van der Waals surface area contributed by atoms with Crippen LogP contribution in [-0.4, -0.2) is 22.7 Å². The lowest BCUT2D eigenvalue weighted by molar-refractivity contribution is 0.194. The van der Waals surface area contributed by atoms with Crippen molar-refractivity contribution in [2.75, 3.05) is 12.3 Å². The highest BCUT2D eigenvalue weighted by molar-refractivity contribution is 5.64. The quantitative estimate of drug-likeness (QED) is 0.622. The summed E-state index contributed by atoms with van der Waals surface area (Å²) in [6.07, 6.45) is 2.10. The lowest BCUT2D eigenvalue weighted by Gasteiger charge is -2.01. The first-order valence-corrected chi connectivity index (χ1v) is 4.35. The maximum atomic E-state index is 10.1. The van der Waals surface area contributed by atoms with E-state index in [2.05, 4.69) is 10.3 Å². The Balaban J connectivity index is 2.25. The van der Waals surface area contributed by atoms with Gasteiger partial charge in [-0.3, -0.25) is 4.98 Å². The van der Waals surface area contributed by atoms with Crippen LogP contribution in [0.15, 0.2) is 18.3 Å². The minimum atomic E-state index is -0.990. The molecule has 0 spiro atoms. The van der Waals surface area contributed by atoms with E-state index in [0.29, 0.717) is 12.2 Å². The van der Waals surface area contributed by atoms with Crippen LogP contribution >= 0.6 is 0 Å². The summed E-state index contributed by atoms with van der Waals surface area (Å²) in [6, 6.07) is 3.63. The number of aryl methyl sites for hydroxylation is 1. The predicted molar refractivity (Wildman–Crippen MR) is 53.0 cm³/mol. The van der Waals surface area contributed by atoms with Gasteiger partial charge >= 0.3 is 6.09 Å². The highest BCUT2D eigenvalue weighted by Gasteiger charge is 1.96. The molecule has 1 aromatic rings. The largest absolute Gasteiger partial charge is 0.465 e. The third kappa shape index (κ3) is 3.75. The summed E-state index contributed by atoms with van der Waals surface area (Å²) in [6.45, 7) is 0.446. The number of nitrogens with one attached hydrogen (secondary N) is 1. The number of nitrogens with two attached hydrogens (primary N) is 1. The standard InChI is InChI=1S/C9H13N3O2/c10-7-3-4-8(12-6-7)2-1-5-11-9(13)14/h3-4,6,11H,1-2,5,10H2,(H,13,14). The van der Waals surface area contributed by atoms with Crippen molar-refractivity contribution in [3.05, 3.63) is 24.0 Å². The van der Waals surface area contributed by atoms with E-state index in [1.807, 2.05) is 6.07 Å².